The number of hydrogen-bond donors (Lipinski definition) is 1. The van der Waals surface area contributed by atoms with Crippen LogP contribution in [0, 0.1) is 0 Å². The third-order valence-electron chi connectivity index (χ3n) is 4.89. The molecule has 1 aliphatic carbocycles. The number of nitrogens with zero attached hydrogens (tertiary/aromatic N) is 1. The van der Waals surface area contributed by atoms with Gasteiger partial charge < -0.3 is 5.32 Å². The van der Waals surface area contributed by atoms with Gasteiger partial charge in [0.25, 0.3) is 0 Å². The van der Waals surface area contributed by atoms with E-state index >= 15 is 0 Å². The van der Waals surface area contributed by atoms with Crippen molar-refractivity contribution >= 4 is 0 Å². The van der Waals surface area contributed by atoms with Crippen molar-refractivity contribution in [3.63, 3.8) is 0 Å². The number of nitrogens with one attached hydrogen (secondary N) is 1. The molecule has 0 atom stereocenters. The molecule has 0 unspecified atom stereocenters. The summed E-state index contributed by atoms with van der Waals surface area (Å²) >= 11 is 0. The van der Waals surface area contributed by atoms with Gasteiger partial charge >= 0.3 is 0 Å². The predicted molar refractivity (Wildman–Crippen MR) is 80.5 cm³/mol. The second kappa shape index (κ2) is 6.06. The molecular formula is C17H26N2. The van der Waals surface area contributed by atoms with Gasteiger partial charge in [-0.1, -0.05) is 37.3 Å². The Bertz CT molecular complexity index is 376. The van der Waals surface area contributed by atoms with E-state index in [1.54, 1.807) is 0 Å². The van der Waals surface area contributed by atoms with E-state index in [2.05, 4.69) is 47.5 Å². The summed E-state index contributed by atoms with van der Waals surface area (Å²) in [5, 5.41) is 3.60. The third kappa shape index (κ3) is 3.01. The van der Waals surface area contributed by atoms with Gasteiger partial charge in [0.15, 0.2) is 0 Å². The Morgan fingerprint density at radius 3 is 2.37 bits per heavy atom. The zero-order chi connectivity index (χ0) is 13.1. The summed E-state index contributed by atoms with van der Waals surface area (Å²) in [6.07, 6.45) is 5.51. The van der Waals surface area contributed by atoms with Crippen molar-refractivity contribution < 1.29 is 0 Å². The predicted octanol–water partition coefficient (Wildman–Crippen LogP) is 3.01. The van der Waals surface area contributed by atoms with Gasteiger partial charge in [0.1, 0.15) is 0 Å². The van der Waals surface area contributed by atoms with E-state index < -0.39 is 0 Å². The maximum atomic E-state index is 3.60. The van der Waals surface area contributed by atoms with E-state index in [0.29, 0.717) is 0 Å². The summed E-state index contributed by atoms with van der Waals surface area (Å²) in [7, 11) is 0. The minimum Gasteiger partial charge on any atom is -0.314 e. The fourth-order valence-corrected chi connectivity index (χ4v) is 3.68. The molecule has 19 heavy (non-hydrogen) atoms. The zero-order valence-corrected chi connectivity index (χ0v) is 12.0. The summed E-state index contributed by atoms with van der Waals surface area (Å²) < 4.78 is 0. The van der Waals surface area contributed by atoms with Crippen LogP contribution < -0.4 is 5.32 Å². The van der Waals surface area contributed by atoms with E-state index in [1.165, 1.54) is 44.3 Å². The summed E-state index contributed by atoms with van der Waals surface area (Å²) in [6.45, 7) is 5.89. The molecule has 1 saturated carbocycles. The quantitative estimate of drug-likeness (QED) is 0.893. The largest absolute Gasteiger partial charge is 0.314 e. The minimum absolute atomic E-state index is 0.785. The van der Waals surface area contributed by atoms with Crippen LogP contribution in [0.5, 0.6) is 0 Å². The molecule has 2 nitrogen and oxygen atoms in total. The molecule has 0 aromatic heterocycles. The third-order valence-corrected chi connectivity index (χ3v) is 4.89. The van der Waals surface area contributed by atoms with Crippen LogP contribution in [0.4, 0.5) is 0 Å². The molecule has 1 aliphatic heterocycles. The lowest BCUT2D eigenvalue weighted by molar-refractivity contribution is 0.0633. The number of rotatable bonds is 4. The molecule has 1 N–H and O–H groups in total. The maximum Gasteiger partial charge on any atom is 0.00969 e. The van der Waals surface area contributed by atoms with Crippen molar-refractivity contribution in [2.75, 3.05) is 19.6 Å². The Morgan fingerprint density at radius 1 is 1.05 bits per heavy atom. The number of likely N-dealkylation sites (tertiary alicyclic amines) is 1. The standard InChI is InChI=1S/C17H26N2/c1-2-18-16-8-10-17(11-9-16)19-12-15(13-19)14-6-4-3-5-7-14/h3-7,15-18H,2,8-13H2,1H3. The summed E-state index contributed by atoms with van der Waals surface area (Å²) in [5.74, 6) is 0.785. The Balaban J connectivity index is 1.44. The average molecular weight is 258 g/mol. The first-order valence-electron chi connectivity index (χ1n) is 7.89. The van der Waals surface area contributed by atoms with Crippen molar-refractivity contribution in [3.05, 3.63) is 35.9 Å². The van der Waals surface area contributed by atoms with Crippen LogP contribution in [0.15, 0.2) is 30.3 Å². The molecule has 1 aromatic rings. The first-order valence-corrected chi connectivity index (χ1v) is 7.89. The summed E-state index contributed by atoms with van der Waals surface area (Å²) in [6, 6.07) is 12.7. The van der Waals surface area contributed by atoms with Gasteiger partial charge in [0.05, 0.1) is 0 Å². The molecule has 1 heterocycles. The number of benzene rings is 1. The van der Waals surface area contributed by atoms with E-state index in [0.717, 1.165) is 24.5 Å². The van der Waals surface area contributed by atoms with Crippen molar-refractivity contribution in [1.82, 2.24) is 10.2 Å². The van der Waals surface area contributed by atoms with Gasteiger partial charge in [-0.2, -0.15) is 0 Å². The van der Waals surface area contributed by atoms with Crippen molar-refractivity contribution in [2.24, 2.45) is 0 Å². The zero-order valence-electron chi connectivity index (χ0n) is 12.0. The molecular weight excluding hydrogens is 232 g/mol. The highest BCUT2D eigenvalue weighted by Crippen LogP contribution is 2.33. The normalized spacial score (nSPS) is 29.1. The molecule has 0 amide bonds. The molecule has 0 radical (unpaired) electrons. The molecule has 3 rings (SSSR count). The first-order chi connectivity index (χ1) is 9.36. The van der Waals surface area contributed by atoms with E-state index in [-0.39, 0.29) is 0 Å². The lowest BCUT2D eigenvalue weighted by Crippen LogP contribution is -2.52. The average Bonchev–Trinajstić information content (AvgIpc) is 2.41. The van der Waals surface area contributed by atoms with Crippen LogP contribution >= 0.6 is 0 Å². The van der Waals surface area contributed by atoms with Crippen LogP contribution in [0.1, 0.15) is 44.1 Å². The number of hydrogen-bond acceptors (Lipinski definition) is 2. The van der Waals surface area contributed by atoms with Crippen LogP contribution in [0.25, 0.3) is 0 Å². The van der Waals surface area contributed by atoms with E-state index in [9.17, 15) is 0 Å². The lowest BCUT2D eigenvalue weighted by Gasteiger charge is -2.47. The van der Waals surface area contributed by atoms with Crippen LogP contribution in [-0.2, 0) is 0 Å². The maximum absolute atomic E-state index is 3.60. The molecule has 0 bridgehead atoms. The summed E-state index contributed by atoms with van der Waals surface area (Å²) in [4.78, 5) is 2.71. The van der Waals surface area contributed by atoms with Gasteiger partial charge in [-0.15, -0.1) is 0 Å². The smallest absolute Gasteiger partial charge is 0.00969 e. The second-order valence-corrected chi connectivity index (χ2v) is 6.12. The fraction of sp³-hybridized carbons (Fsp3) is 0.647. The highest BCUT2D eigenvalue weighted by molar-refractivity contribution is 5.22. The van der Waals surface area contributed by atoms with Crippen molar-refractivity contribution in [1.29, 1.82) is 0 Å². The Hall–Kier alpha value is -0.860. The molecule has 2 heteroatoms. The minimum atomic E-state index is 0.785. The molecule has 0 spiro atoms. The SMILES string of the molecule is CCNC1CCC(N2CC(c3ccccc3)C2)CC1. The monoisotopic (exact) mass is 258 g/mol. The van der Waals surface area contributed by atoms with E-state index in [4.69, 9.17) is 0 Å². The molecule has 2 fully saturated rings. The lowest BCUT2D eigenvalue weighted by atomic mass is 9.84. The van der Waals surface area contributed by atoms with Crippen molar-refractivity contribution in [3.8, 4) is 0 Å². The van der Waals surface area contributed by atoms with E-state index in [1.807, 2.05) is 0 Å². The first kappa shape index (κ1) is 13.1. The van der Waals surface area contributed by atoms with Gasteiger partial charge in [-0.05, 0) is 37.8 Å². The molecule has 2 aliphatic rings. The highest BCUT2D eigenvalue weighted by Gasteiger charge is 2.34. The van der Waals surface area contributed by atoms with Gasteiger partial charge in [-0.25, -0.2) is 0 Å². The highest BCUT2D eigenvalue weighted by atomic mass is 15.2. The van der Waals surface area contributed by atoms with Gasteiger partial charge in [0, 0.05) is 31.1 Å². The molecule has 1 saturated heterocycles. The Morgan fingerprint density at radius 2 is 1.74 bits per heavy atom. The summed E-state index contributed by atoms with van der Waals surface area (Å²) in [5.41, 5.74) is 1.53. The Labute approximate surface area is 117 Å². The van der Waals surface area contributed by atoms with Crippen LogP contribution in [0.2, 0.25) is 0 Å². The molecule has 104 valence electrons. The fourth-order valence-electron chi connectivity index (χ4n) is 3.68. The van der Waals surface area contributed by atoms with Crippen LogP contribution in [-0.4, -0.2) is 36.6 Å². The topological polar surface area (TPSA) is 15.3 Å². The van der Waals surface area contributed by atoms with Gasteiger partial charge in [-0.3, -0.25) is 4.90 Å². The molecule has 1 aromatic carbocycles. The second-order valence-electron chi connectivity index (χ2n) is 6.12. The van der Waals surface area contributed by atoms with Crippen molar-refractivity contribution in [2.45, 2.75) is 50.6 Å². The van der Waals surface area contributed by atoms with Crippen LogP contribution in [0.3, 0.4) is 0 Å². The Kier molecular flexibility index (Phi) is 4.19. The van der Waals surface area contributed by atoms with Gasteiger partial charge in [0.2, 0.25) is 0 Å².